The highest BCUT2D eigenvalue weighted by Crippen LogP contribution is 2.19. The van der Waals surface area contributed by atoms with Gasteiger partial charge in [0.2, 0.25) is 10.0 Å². The molecule has 0 atom stereocenters. The van der Waals surface area contributed by atoms with Crippen molar-refractivity contribution in [1.82, 2.24) is 0 Å². The van der Waals surface area contributed by atoms with E-state index in [4.69, 9.17) is 0 Å². The Labute approximate surface area is 148 Å². The first-order valence-electron chi connectivity index (χ1n) is 8.06. The van der Waals surface area contributed by atoms with Gasteiger partial charge in [-0.25, -0.2) is 8.42 Å². The minimum Gasteiger partial charge on any atom is -0.372 e. The molecule has 0 aliphatic heterocycles. The molecule has 2 aromatic rings. The third kappa shape index (κ3) is 5.49. The maximum atomic E-state index is 12.4. The zero-order valence-electron chi connectivity index (χ0n) is 14.6. The van der Waals surface area contributed by atoms with Crippen molar-refractivity contribution in [1.29, 1.82) is 0 Å². The second-order valence-corrected chi connectivity index (χ2v) is 7.38. The Morgan fingerprint density at radius 3 is 2.20 bits per heavy atom. The van der Waals surface area contributed by atoms with Crippen LogP contribution < -0.4 is 14.9 Å². The van der Waals surface area contributed by atoms with E-state index < -0.39 is 10.0 Å². The van der Waals surface area contributed by atoms with Gasteiger partial charge in [0.1, 0.15) is 0 Å². The first-order valence-corrected chi connectivity index (χ1v) is 9.95. The molecule has 0 saturated carbocycles. The van der Waals surface area contributed by atoms with Crippen molar-refractivity contribution in [2.75, 3.05) is 34.3 Å². The molecule has 25 heavy (non-hydrogen) atoms. The Morgan fingerprint density at radius 2 is 1.64 bits per heavy atom. The fourth-order valence-corrected chi connectivity index (χ4v) is 3.04. The summed E-state index contributed by atoms with van der Waals surface area (Å²) in [5, 5.41) is 2.82. The first-order chi connectivity index (χ1) is 11.8. The number of carbonyl (C=O) groups excluding carboxylic acids is 1. The molecule has 0 unspecified atom stereocenters. The van der Waals surface area contributed by atoms with Gasteiger partial charge in [-0.1, -0.05) is 6.07 Å². The van der Waals surface area contributed by atoms with E-state index in [1.54, 1.807) is 18.2 Å². The molecule has 0 aromatic heterocycles. The van der Waals surface area contributed by atoms with Crippen molar-refractivity contribution in [3.63, 3.8) is 0 Å². The molecule has 0 fully saturated rings. The van der Waals surface area contributed by atoms with Gasteiger partial charge in [-0.3, -0.25) is 9.52 Å². The summed E-state index contributed by atoms with van der Waals surface area (Å²) < 4.78 is 24.9. The van der Waals surface area contributed by atoms with Gasteiger partial charge < -0.3 is 10.2 Å². The number of nitrogens with one attached hydrogen (secondary N) is 2. The SMILES string of the molecule is CCN(CC)c1ccc(NC(=O)c2cccc(NS(C)(=O)=O)c2)cc1. The third-order valence-electron chi connectivity index (χ3n) is 3.68. The Kier molecular flexibility index (Phi) is 6.03. The maximum Gasteiger partial charge on any atom is 0.255 e. The summed E-state index contributed by atoms with van der Waals surface area (Å²) in [6.45, 7) is 6.03. The van der Waals surface area contributed by atoms with E-state index in [-0.39, 0.29) is 5.91 Å². The molecule has 0 heterocycles. The average molecular weight is 361 g/mol. The number of hydrogen-bond acceptors (Lipinski definition) is 4. The number of amides is 1. The lowest BCUT2D eigenvalue weighted by molar-refractivity contribution is 0.102. The molecule has 1 amide bonds. The molecule has 6 nitrogen and oxygen atoms in total. The number of carbonyl (C=O) groups is 1. The topological polar surface area (TPSA) is 78.5 Å². The van der Waals surface area contributed by atoms with E-state index in [1.165, 1.54) is 6.07 Å². The van der Waals surface area contributed by atoms with Gasteiger partial charge in [-0.05, 0) is 56.3 Å². The normalized spacial score (nSPS) is 11.0. The van der Waals surface area contributed by atoms with Crippen molar-refractivity contribution in [2.45, 2.75) is 13.8 Å². The molecule has 2 rings (SSSR count). The lowest BCUT2D eigenvalue weighted by Crippen LogP contribution is -2.21. The zero-order valence-corrected chi connectivity index (χ0v) is 15.4. The Morgan fingerprint density at radius 1 is 1.00 bits per heavy atom. The quantitative estimate of drug-likeness (QED) is 0.794. The summed E-state index contributed by atoms with van der Waals surface area (Å²) >= 11 is 0. The summed E-state index contributed by atoms with van der Waals surface area (Å²) in [7, 11) is -3.38. The van der Waals surface area contributed by atoms with Gasteiger partial charge in [0.05, 0.1) is 6.26 Å². The lowest BCUT2D eigenvalue weighted by atomic mass is 10.2. The molecular formula is C18H23N3O3S. The van der Waals surface area contributed by atoms with E-state index in [2.05, 4.69) is 28.8 Å². The molecule has 0 bridgehead atoms. The summed E-state index contributed by atoms with van der Waals surface area (Å²) in [4.78, 5) is 14.6. The third-order valence-corrected chi connectivity index (χ3v) is 4.29. The Hall–Kier alpha value is -2.54. The number of benzene rings is 2. The van der Waals surface area contributed by atoms with Gasteiger partial charge in [0.25, 0.3) is 5.91 Å². The van der Waals surface area contributed by atoms with Crippen LogP contribution >= 0.6 is 0 Å². The highest BCUT2D eigenvalue weighted by Gasteiger charge is 2.09. The van der Waals surface area contributed by atoms with E-state index in [9.17, 15) is 13.2 Å². The molecule has 0 spiro atoms. The van der Waals surface area contributed by atoms with E-state index in [1.807, 2.05) is 24.3 Å². The number of rotatable bonds is 7. The number of anilines is 3. The molecular weight excluding hydrogens is 338 g/mol. The molecule has 2 N–H and O–H groups in total. The predicted molar refractivity (Wildman–Crippen MR) is 103 cm³/mol. The van der Waals surface area contributed by atoms with Gasteiger partial charge in [0.15, 0.2) is 0 Å². The van der Waals surface area contributed by atoms with Crippen LogP contribution in [0.3, 0.4) is 0 Å². The smallest absolute Gasteiger partial charge is 0.255 e. The molecule has 134 valence electrons. The van der Waals surface area contributed by atoms with Crippen LogP contribution in [-0.2, 0) is 10.0 Å². The minimum absolute atomic E-state index is 0.298. The fraction of sp³-hybridized carbons (Fsp3) is 0.278. The summed E-state index contributed by atoms with van der Waals surface area (Å²) in [5.74, 6) is -0.298. The number of nitrogens with zero attached hydrogens (tertiary/aromatic N) is 1. The summed E-state index contributed by atoms with van der Waals surface area (Å²) in [6, 6.07) is 14.0. The second kappa shape index (κ2) is 8.02. The minimum atomic E-state index is -3.38. The van der Waals surface area contributed by atoms with E-state index in [0.29, 0.717) is 16.9 Å². The van der Waals surface area contributed by atoms with Gasteiger partial charge in [-0.15, -0.1) is 0 Å². The van der Waals surface area contributed by atoms with Crippen LogP contribution in [0.15, 0.2) is 48.5 Å². The fourth-order valence-electron chi connectivity index (χ4n) is 2.49. The molecule has 0 saturated heterocycles. The highest BCUT2D eigenvalue weighted by molar-refractivity contribution is 7.92. The van der Waals surface area contributed by atoms with Crippen molar-refractivity contribution >= 4 is 33.0 Å². The van der Waals surface area contributed by atoms with Crippen LogP contribution in [0.5, 0.6) is 0 Å². The molecule has 0 aliphatic carbocycles. The molecule has 0 radical (unpaired) electrons. The summed E-state index contributed by atoms with van der Waals surface area (Å²) in [5.41, 5.74) is 2.51. The van der Waals surface area contributed by atoms with Crippen LogP contribution in [-0.4, -0.2) is 33.7 Å². The lowest BCUT2D eigenvalue weighted by Gasteiger charge is -2.21. The van der Waals surface area contributed by atoms with Crippen molar-refractivity contribution in [3.05, 3.63) is 54.1 Å². The largest absolute Gasteiger partial charge is 0.372 e. The van der Waals surface area contributed by atoms with Crippen LogP contribution in [0.4, 0.5) is 17.1 Å². The maximum absolute atomic E-state index is 12.4. The monoisotopic (exact) mass is 361 g/mol. The molecule has 2 aromatic carbocycles. The Balaban J connectivity index is 2.10. The van der Waals surface area contributed by atoms with Gasteiger partial charge >= 0.3 is 0 Å². The van der Waals surface area contributed by atoms with Crippen LogP contribution in [0.2, 0.25) is 0 Å². The van der Waals surface area contributed by atoms with Crippen LogP contribution in [0.25, 0.3) is 0 Å². The number of hydrogen-bond donors (Lipinski definition) is 2. The van der Waals surface area contributed by atoms with Crippen LogP contribution in [0.1, 0.15) is 24.2 Å². The van der Waals surface area contributed by atoms with Gasteiger partial charge in [-0.2, -0.15) is 0 Å². The van der Waals surface area contributed by atoms with Crippen molar-refractivity contribution in [3.8, 4) is 0 Å². The molecule has 0 aliphatic rings. The predicted octanol–water partition coefficient (Wildman–Crippen LogP) is 3.16. The van der Waals surface area contributed by atoms with Gasteiger partial charge in [0, 0.05) is 35.7 Å². The highest BCUT2D eigenvalue weighted by atomic mass is 32.2. The van der Waals surface area contributed by atoms with E-state index in [0.717, 1.165) is 25.0 Å². The zero-order chi connectivity index (χ0) is 18.4. The Bertz CT molecular complexity index is 829. The summed E-state index contributed by atoms with van der Waals surface area (Å²) in [6.07, 6.45) is 1.07. The van der Waals surface area contributed by atoms with Crippen molar-refractivity contribution < 1.29 is 13.2 Å². The number of sulfonamides is 1. The molecule has 7 heteroatoms. The first kappa shape index (κ1) is 18.8. The van der Waals surface area contributed by atoms with E-state index >= 15 is 0 Å². The van der Waals surface area contributed by atoms with Crippen molar-refractivity contribution in [2.24, 2.45) is 0 Å². The second-order valence-electron chi connectivity index (χ2n) is 5.63. The standard InChI is InChI=1S/C18H23N3O3S/c1-4-21(5-2)17-11-9-15(10-12-17)19-18(22)14-7-6-8-16(13-14)20-25(3,23)24/h6-13,20H,4-5H2,1-3H3,(H,19,22). The average Bonchev–Trinajstić information content (AvgIpc) is 2.56. The van der Waals surface area contributed by atoms with Crippen LogP contribution in [0, 0.1) is 0 Å².